The van der Waals surface area contributed by atoms with Crippen molar-refractivity contribution in [2.24, 2.45) is 0 Å². The van der Waals surface area contributed by atoms with Gasteiger partial charge in [-0.25, -0.2) is 0 Å². The Morgan fingerprint density at radius 1 is 1.10 bits per heavy atom. The molecule has 8 nitrogen and oxygen atoms in total. The quantitative estimate of drug-likeness (QED) is 0.575. The van der Waals surface area contributed by atoms with Crippen molar-refractivity contribution in [3.05, 3.63) is 47.7 Å². The van der Waals surface area contributed by atoms with Crippen molar-refractivity contribution >= 4 is 35.3 Å². The van der Waals surface area contributed by atoms with Gasteiger partial charge in [0.05, 0.1) is 11.0 Å². The van der Waals surface area contributed by atoms with Crippen molar-refractivity contribution in [2.45, 2.75) is 32.4 Å². The number of carbonyl (C=O) groups is 2. The number of hydrogen-bond acceptors (Lipinski definition) is 7. The highest BCUT2D eigenvalue weighted by Crippen LogP contribution is 2.23. The average molecular weight is 414 g/mol. The Bertz CT molecular complexity index is 981. The second-order valence-electron chi connectivity index (χ2n) is 6.44. The number of carbonyl (C=O) groups excluding carboxylic acids is 2. The molecule has 0 saturated heterocycles. The van der Waals surface area contributed by atoms with Crippen LogP contribution < -0.4 is 10.6 Å². The molecule has 0 radical (unpaired) electrons. The number of nitrogens with one attached hydrogen (secondary N) is 2. The second-order valence-corrected chi connectivity index (χ2v) is 7.77. The van der Waals surface area contributed by atoms with Gasteiger partial charge in [-0.1, -0.05) is 41.5 Å². The maximum Gasteiger partial charge on any atom is 0.238 e. The molecule has 29 heavy (non-hydrogen) atoms. The third kappa shape index (κ3) is 5.71. The summed E-state index contributed by atoms with van der Waals surface area (Å²) in [6.45, 7) is 5.55. The van der Waals surface area contributed by atoms with Gasteiger partial charge in [-0.15, -0.1) is 11.8 Å². The summed E-state index contributed by atoms with van der Waals surface area (Å²) in [6.07, 6.45) is 0.965. The first-order valence-corrected chi connectivity index (χ1v) is 10.2. The van der Waals surface area contributed by atoms with Crippen molar-refractivity contribution in [3.63, 3.8) is 0 Å². The molecular weight excluding hydrogens is 392 g/mol. The van der Waals surface area contributed by atoms with E-state index in [9.17, 15) is 9.59 Å². The Balaban J connectivity index is 1.47. The monoisotopic (exact) mass is 414 g/mol. The van der Waals surface area contributed by atoms with Gasteiger partial charge in [0.15, 0.2) is 5.82 Å². The molecule has 0 aliphatic carbocycles. The smallest absolute Gasteiger partial charge is 0.238 e. The molecule has 0 bridgehead atoms. The molecule has 2 aromatic heterocycles. The zero-order valence-electron chi connectivity index (χ0n) is 16.4. The molecule has 152 valence electrons. The molecule has 2 amide bonds. The van der Waals surface area contributed by atoms with Gasteiger partial charge in [-0.3, -0.25) is 14.9 Å². The van der Waals surface area contributed by atoms with E-state index in [1.54, 1.807) is 26.0 Å². The number of aryl methyl sites for hydroxylation is 2. The molecule has 1 atom stereocenters. The summed E-state index contributed by atoms with van der Waals surface area (Å²) in [4.78, 5) is 24.3. The minimum Gasteiger partial charge on any atom is -0.360 e. The van der Waals surface area contributed by atoms with Crippen molar-refractivity contribution in [1.29, 1.82) is 0 Å². The highest BCUT2D eigenvalue weighted by Gasteiger charge is 2.17. The van der Waals surface area contributed by atoms with E-state index in [0.717, 1.165) is 12.0 Å². The van der Waals surface area contributed by atoms with E-state index in [1.165, 1.54) is 17.3 Å². The summed E-state index contributed by atoms with van der Waals surface area (Å²) in [7, 11) is 0. The zero-order valence-corrected chi connectivity index (χ0v) is 17.2. The molecule has 1 aromatic carbocycles. The standard InChI is InChI=1S/C20H22N4O4S/c1-4-14-5-7-15(8-6-14)16-10-19(28-23-16)22-18(25)11-29-13(3)20(26)21-17-9-12(2)27-24-17/h5-10,13H,4,11H2,1-3H3,(H,22,25)(H,21,24,26). The molecular formula is C20H22N4O4S. The molecule has 3 rings (SSSR count). The summed E-state index contributed by atoms with van der Waals surface area (Å²) in [5.74, 6) is 0.774. The first-order valence-electron chi connectivity index (χ1n) is 9.16. The molecule has 0 aliphatic rings. The molecule has 2 N–H and O–H groups in total. The fourth-order valence-corrected chi connectivity index (χ4v) is 3.17. The summed E-state index contributed by atoms with van der Waals surface area (Å²) in [5, 5.41) is 12.6. The van der Waals surface area contributed by atoms with E-state index >= 15 is 0 Å². The van der Waals surface area contributed by atoms with Crippen LogP contribution in [0.5, 0.6) is 0 Å². The SMILES string of the molecule is CCc1ccc(-c2cc(NC(=O)CSC(C)C(=O)Nc3cc(C)on3)on2)cc1. The first-order chi connectivity index (χ1) is 13.9. The Morgan fingerprint density at radius 2 is 1.86 bits per heavy atom. The van der Waals surface area contributed by atoms with Crippen LogP contribution in [0.1, 0.15) is 25.2 Å². The van der Waals surface area contributed by atoms with Crippen LogP contribution in [0.4, 0.5) is 11.7 Å². The Hall–Kier alpha value is -3.07. The fourth-order valence-electron chi connectivity index (χ4n) is 2.48. The number of thioether (sulfide) groups is 1. The molecule has 1 unspecified atom stereocenters. The number of amides is 2. The van der Waals surface area contributed by atoms with Crippen molar-refractivity contribution < 1.29 is 18.6 Å². The van der Waals surface area contributed by atoms with Gasteiger partial charge in [0.25, 0.3) is 0 Å². The second kappa shape index (κ2) is 9.42. The maximum absolute atomic E-state index is 12.2. The lowest BCUT2D eigenvalue weighted by molar-refractivity contribution is -0.115. The highest BCUT2D eigenvalue weighted by atomic mass is 32.2. The van der Waals surface area contributed by atoms with E-state index in [4.69, 9.17) is 9.05 Å². The third-order valence-electron chi connectivity index (χ3n) is 4.14. The number of aromatic nitrogens is 2. The van der Waals surface area contributed by atoms with Crippen molar-refractivity contribution in [3.8, 4) is 11.3 Å². The zero-order chi connectivity index (χ0) is 20.8. The summed E-state index contributed by atoms with van der Waals surface area (Å²) in [5.41, 5.74) is 2.79. The maximum atomic E-state index is 12.2. The Kier molecular flexibility index (Phi) is 6.71. The largest absolute Gasteiger partial charge is 0.360 e. The van der Waals surface area contributed by atoms with Gasteiger partial charge >= 0.3 is 0 Å². The van der Waals surface area contributed by atoms with Gasteiger partial charge in [0.2, 0.25) is 17.7 Å². The fraction of sp³-hybridized carbons (Fsp3) is 0.300. The predicted molar refractivity (Wildman–Crippen MR) is 112 cm³/mol. The summed E-state index contributed by atoms with van der Waals surface area (Å²) >= 11 is 1.20. The lowest BCUT2D eigenvalue weighted by Gasteiger charge is -2.09. The van der Waals surface area contributed by atoms with E-state index < -0.39 is 5.25 Å². The molecule has 3 aromatic rings. The minimum absolute atomic E-state index is 0.0909. The molecule has 2 heterocycles. The van der Waals surface area contributed by atoms with Crippen LogP contribution in [0.25, 0.3) is 11.3 Å². The van der Waals surface area contributed by atoms with E-state index in [0.29, 0.717) is 17.3 Å². The first kappa shape index (κ1) is 20.7. The molecule has 9 heteroatoms. The normalized spacial score (nSPS) is 11.8. The summed E-state index contributed by atoms with van der Waals surface area (Å²) in [6, 6.07) is 11.3. The molecule has 0 spiro atoms. The van der Waals surface area contributed by atoms with E-state index in [1.807, 2.05) is 24.3 Å². The van der Waals surface area contributed by atoms with Gasteiger partial charge in [0, 0.05) is 17.7 Å². The van der Waals surface area contributed by atoms with Gasteiger partial charge in [-0.05, 0) is 25.8 Å². The Labute approximate surface area is 172 Å². The number of anilines is 2. The van der Waals surface area contributed by atoms with Crippen LogP contribution >= 0.6 is 11.8 Å². The van der Waals surface area contributed by atoms with Crippen LogP contribution in [0, 0.1) is 6.92 Å². The number of rotatable bonds is 8. The van der Waals surface area contributed by atoms with Gasteiger partial charge in [-0.2, -0.15) is 0 Å². The molecule has 0 fully saturated rings. The third-order valence-corrected chi connectivity index (χ3v) is 5.29. The Morgan fingerprint density at radius 3 is 2.52 bits per heavy atom. The number of benzene rings is 1. The minimum atomic E-state index is -0.444. The van der Waals surface area contributed by atoms with Crippen LogP contribution in [0.15, 0.2) is 45.4 Å². The summed E-state index contributed by atoms with van der Waals surface area (Å²) < 4.78 is 10.1. The number of nitrogens with zero attached hydrogens (tertiary/aromatic N) is 2. The topological polar surface area (TPSA) is 110 Å². The van der Waals surface area contributed by atoms with E-state index in [-0.39, 0.29) is 23.5 Å². The highest BCUT2D eigenvalue weighted by molar-refractivity contribution is 8.01. The molecule has 0 aliphatic heterocycles. The van der Waals surface area contributed by atoms with Gasteiger partial charge in [0.1, 0.15) is 11.5 Å². The van der Waals surface area contributed by atoms with Gasteiger partial charge < -0.3 is 14.4 Å². The predicted octanol–water partition coefficient (Wildman–Crippen LogP) is 3.90. The molecule has 0 saturated carbocycles. The van der Waals surface area contributed by atoms with Crippen LogP contribution in [0.2, 0.25) is 0 Å². The van der Waals surface area contributed by atoms with Crippen molar-refractivity contribution in [1.82, 2.24) is 10.3 Å². The van der Waals surface area contributed by atoms with Crippen LogP contribution in [0.3, 0.4) is 0 Å². The average Bonchev–Trinajstić information content (AvgIpc) is 3.35. The van der Waals surface area contributed by atoms with Crippen molar-refractivity contribution in [2.75, 3.05) is 16.4 Å². The number of hydrogen-bond donors (Lipinski definition) is 2. The van der Waals surface area contributed by atoms with Crippen LogP contribution in [-0.2, 0) is 16.0 Å². The van der Waals surface area contributed by atoms with E-state index in [2.05, 4.69) is 27.9 Å². The van der Waals surface area contributed by atoms with Crippen LogP contribution in [-0.4, -0.2) is 33.1 Å². The lowest BCUT2D eigenvalue weighted by Crippen LogP contribution is -2.25. The lowest BCUT2D eigenvalue weighted by atomic mass is 10.1.